The average Bonchev–Trinajstić information content (AvgIpc) is 3.09. The summed E-state index contributed by atoms with van der Waals surface area (Å²) in [5.74, 6) is 1.19. The number of benzene rings is 1. The number of carbonyl (C=O) groups is 1. The van der Waals surface area contributed by atoms with Gasteiger partial charge in [-0.1, -0.05) is 0 Å². The molecule has 24 heavy (non-hydrogen) atoms. The number of nitrogens with zero attached hydrogens (tertiary/aromatic N) is 2. The number of likely N-dealkylation sites (tertiary alicyclic amines) is 1. The first-order valence-electron chi connectivity index (χ1n) is 7.95. The Morgan fingerprint density at radius 2 is 1.79 bits per heavy atom. The van der Waals surface area contributed by atoms with E-state index in [9.17, 15) is 14.9 Å². The second kappa shape index (κ2) is 7.12. The van der Waals surface area contributed by atoms with Crippen LogP contribution in [0.3, 0.4) is 0 Å². The number of amides is 1. The molecular formula is C18H18N2O4. The number of furan rings is 1. The Balaban J connectivity index is 1.67. The van der Waals surface area contributed by atoms with E-state index in [1.165, 1.54) is 24.6 Å². The Hall–Kier alpha value is -2.89. The number of rotatable bonds is 4. The SMILES string of the molecule is O=C(/C=C/c1ccc(-c2ccc([N+](=O)[O-])cc2)o1)N1CCCCC1. The molecule has 0 bridgehead atoms. The monoisotopic (exact) mass is 326 g/mol. The minimum Gasteiger partial charge on any atom is -0.457 e. The van der Waals surface area contributed by atoms with Crippen LogP contribution in [0.15, 0.2) is 46.9 Å². The summed E-state index contributed by atoms with van der Waals surface area (Å²) < 4.78 is 5.68. The van der Waals surface area contributed by atoms with Gasteiger partial charge in [0.15, 0.2) is 0 Å². The quantitative estimate of drug-likeness (QED) is 0.485. The molecule has 3 rings (SSSR count). The highest BCUT2D eigenvalue weighted by atomic mass is 16.6. The van der Waals surface area contributed by atoms with Gasteiger partial charge in [0, 0.05) is 36.9 Å². The van der Waals surface area contributed by atoms with E-state index in [-0.39, 0.29) is 11.6 Å². The number of nitro benzene ring substituents is 1. The Morgan fingerprint density at radius 3 is 2.46 bits per heavy atom. The van der Waals surface area contributed by atoms with Crippen LogP contribution in [0, 0.1) is 10.1 Å². The van der Waals surface area contributed by atoms with E-state index in [0.717, 1.165) is 31.5 Å². The van der Waals surface area contributed by atoms with Crippen molar-refractivity contribution in [1.29, 1.82) is 0 Å². The fourth-order valence-electron chi connectivity index (χ4n) is 2.72. The van der Waals surface area contributed by atoms with Gasteiger partial charge in [-0.2, -0.15) is 0 Å². The van der Waals surface area contributed by atoms with Crippen molar-refractivity contribution in [1.82, 2.24) is 4.90 Å². The maximum atomic E-state index is 12.1. The van der Waals surface area contributed by atoms with Gasteiger partial charge < -0.3 is 9.32 Å². The van der Waals surface area contributed by atoms with Crippen molar-refractivity contribution in [3.8, 4) is 11.3 Å². The lowest BCUT2D eigenvalue weighted by molar-refractivity contribution is -0.384. The fourth-order valence-corrected chi connectivity index (χ4v) is 2.72. The van der Waals surface area contributed by atoms with Crippen molar-refractivity contribution in [2.75, 3.05) is 13.1 Å². The van der Waals surface area contributed by atoms with Crippen molar-refractivity contribution < 1.29 is 14.1 Å². The summed E-state index contributed by atoms with van der Waals surface area (Å²) in [4.78, 5) is 24.2. The molecule has 0 unspecified atom stereocenters. The first kappa shape index (κ1) is 16.0. The molecule has 0 saturated carbocycles. The van der Waals surface area contributed by atoms with Crippen LogP contribution >= 0.6 is 0 Å². The van der Waals surface area contributed by atoms with Crippen LogP contribution in [0.2, 0.25) is 0 Å². The number of non-ortho nitro benzene ring substituents is 1. The third-order valence-corrected chi connectivity index (χ3v) is 4.05. The van der Waals surface area contributed by atoms with Crippen LogP contribution in [0.5, 0.6) is 0 Å². The predicted octanol–water partition coefficient (Wildman–Crippen LogP) is 3.88. The summed E-state index contributed by atoms with van der Waals surface area (Å²) in [6.45, 7) is 1.63. The summed E-state index contributed by atoms with van der Waals surface area (Å²) in [5.41, 5.74) is 0.792. The topological polar surface area (TPSA) is 76.6 Å². The van der Waals surface area contributed by atoms with Crippen LogP contribution in [0.4, 0.5) is 5.69 Å². The lowest BCUT2D eigenvalue weighted by atomic mass is 10.1. The molecule has 6 nitrogen and oxygen atoms in total. The summed E-state index contributed by atoms with van der Waals surface area (Å²) >= 11 is 0. The van der Waals surface area contributed by atoms with E-state index < -0.39 is 4.92 Å². The molecule has 6 heteroatoms. The maximum Gasteiger partial charge on any atom is 0.269 e. The number of carbonyl (C=O) groups excluding carboxylic acids is 1. The molecule has 0 aliphatic carbocycles. The van der Waals surface area contributed by atoms with E-state index in [2.05, 4.69) is 0 Å². The second-order valence-electron chi connectivity index (χ2n) is 5.73. The van der Waals surface area contributed by atoms with Crippen LogP contribution in [0.1, 0.15) is 25.0 Å². The number of hydrogen-bond donors (Lipinski definition) is 0. The molecule has 124 valence electrons. The molecule has 2 heterocycles. The molecule has 0 N–H and O–H groups in total. The molecule has 2 aromatic rings. The van der Waals surface area contributed by atoms with Gasteiger partial charge >= 0.3 is 0 Å². The van der Waals surface area contributed by atoms with E-state index in [4.69, 9.17) is 4.42 Å². The molecule has 1 aliphatic rings. The van der Waals surface area contributed by atoms with Gasteiger partial charge in [-0.15, -0.1) is 0 Å². The van der Waals surface area contributed by atoms with Crippen LogP contribution in [-0.4, -0.2) is 28.8 Å². The zero-order chi connectivity index (χ0) is 16.9. The Morgan fingerprint density at radius 1 is 1.08 bits per heavy atom. The van der Waals surface area contributed by atoms with Gasteiger partial charge in [-0.05, 0) is 49.6 Å². The molecule has 1 aromatic carbocycles. The Bertz CT molecular complexity index is 756. The van der Waals surface area contributed by atoms with Crippen molar-refractivity contribution in [2.45, 2.75) is 19.3 Å². The smallest absolute Gasteiger partial charge is 0.269 e. The van der Waals surface area contributed by atoms with E-state index in [1.54, 1.807) is 30.3 Å². The molecule has 1 fully saturated rings. The summed E-state index contributed by atoms with van der Waals surface area (Å²) in [6.07, 6.45) is 6.50. The van der Waals surface area contributed by atoms with Crippen LogP contribution in [-0.2, 0) is 4.79 Å². The largest absolute Gasteiger partial charge is 0.457 e. The highest BCUT2D eigenvalue weighted by Gasteiger charge is 2.14. The molecule has 0 atom stereocenters. The lowest BCUT2D eigenvalue weighted by Crippen LogP contribution is -2.34. The van der Waals surface area contributed by atoms with Gasteiger partial charge in [0.25, 0.3) is 5.69 Å². The molecule has 1 aliphatic heterocycles. The first-order valence-corrected chi connectivity index (χ1v) is 7.95. The number of nitro groups is 1. The molecule has 0 spiro atoms. The third kappa shape index (κ3) is 3.71. The van der Waals surface area contributed by atoms with Gasteiger partial charge in [0.1, 0.15) is 11.5 Å². The van der Waals surface area contributed by atoms with Crippen molar-refractivity contribution in [3.63, 3.8) is 0 Å². The van der Waals surface area contributed by atoms with Crippen molar-refractivity contribution in [3.05, 3.63) is 58.3 Å². The second-order valence-corrected chi connectivity index (χ2v) is 5.73. The molecule has 0 radical (unpaired) electrons. The molecule has 1 saturated heterocycles. The van der Waals surface area contributed by atoms with Crippen molar-refractivity contribution in [2.24, 2.45) is 0 Å². The Labute approximate surface area is 139 Å². The highest BCUT2D eigenvalue weighted by molar-refractivity contribution is 5.91. The third-order valence-electron chi connectivity index (χ3n) is 4.05. The van der Waals surface area contributed by atoms with Crippen LogP contribution < -0.4 is 0 Å². The zero-order valence-corrected chi connectivity index (χ0v) is 13.2. The van der Waals surface area contributed by atoms with Crippen molar-refractivity contribution >= 4 is 17.7 Å². The minimum atomic E-state index is -0.438. The van der Waals surface area contributed by atoms with Gasteiger partial charge in [-0.25, -0.2) is 0 Å². The summed E-state index contributed by atoms with van der Waals surface area (Å²) in [6, 6.07) is 9.72. The summed E-state index contributed by atoms with van der Waals surface area (Å²) in [5, 5.41) is 10.7. The fraction of sp³-hybridized carbons (Fsp3) is 0.278. The number of hydrogen-bond acceptors (Lipinski definition) is 4. The van der Waals surface area contributed by atoms with E-state index in [1.807, 2.05) is 4.90 Å². The minimum absolute atomic E-state index is 0.00276. The van der Waals surface area contributed by atoms with Gasteiger partial charge in [0.2, 0.25) is 5.91 Å². The van der Waals surface area contributed by atoms with E-state index >= 15 is 0 Å². The predicted molar refractivity (Wildman–Crippen MR) is 90.3 cm³/mol. The van der Waals surface area contributed by atoms with Gasteiger partial charge in [0.05, 0.1) is 4.92 Å². The number of piperidine rings is 1. The highest BCUT2D eigenvalue weighted by Crippen LogP contribution is 2.25. The van der Waals surface area contributed by atoms with Crippen LogP contribution in [0.25, 0.3) is 17.4 Å². The maximum absolute atomic E-state index is 12.1. The zero-order valence-electron chi connectivity index (χ0n) is 13.2. The average molecular weight is 326 g/mol. The normalized spacial score (nSPS) is 14.9. The standard InChI is InChI=1S/C18H18N2O4/c21-18(19-12-2-1-3-13-19)11-9-16-8-10-17(24-16)14-4-6-15(7-5-14)20(22)23/h4-11H,1-3,12-13H2/b11-9+. The van der Waals surface area contributed by atoms with E-state index in [0.29, 0.717) is 11.5 Å². The first-order chi connectivity index (χ1) is 11.6. The Kier molecular flexibility index (Phi) is 4.74. The molecular weight excluding hydrogens is 308 g/mol. The molecule has 1 amide bonds. The van der Waals surface area contributed by atoms with Gasteiger partial charge in [-0.3, -0.25) is 14.9 Å². The molecule has 1 aromatic heterocycles. The lowest BCUT2D eigenvalue weighted by Gasteiger charge is -2.25. The summed E-state index contributed by atoms with van der Waals surface area (Å²) in [7, 11) is 0.